The van der Waals surface area contributed by atoms with Crippen LogP contribution in [0.4, 0.5) is 0 Å². The van der Waals surface area contributed by atoms with E-state index in [0.717, 1.165) is 36.4 Å². The van der Waals surface area contributed by atoms with Gasteiger partial charge in [-0.05, 0) is 69.8 Å². The molecule has 0 aliphatic heterocycles. The van der Waals surface area contributed by atoms with Gasteiger partial charge in [0.15, 0.2) is 0 Å². The standard InChI is InChI=1S/C36H45Cl3Si/c1-4-7-8-9-10-11-14-29-15-17-30(18-16-29)19-23-34-27-33(13-6-3)35(28-32(34)12-5-2)24-20-31-21-25-36(26-22-31)40(37,38)39/h15-28H,4-14H2,1-3H3. The van der Waals surface area contributed by atoms with Crippen molar-refractivity contribution in [3.8, 4) is 0 Å². The van der Waals surface area contributed by atoms with E-state index in [1.54, 1.807) is 0 Å². The molecule has 0 nitrogen and oxygen atoms in total. The maximum Gasteiger partial charge on any atom is 0.372 e. The fourth-order valence-corrected chi connectivity index (χ4v) is 6.75. The molecule has 40 heavy (non-hydrogen) atoms. The van der Waals surface area contributed by atoms with Crippen molar-refractivity contribution in [3.05, 3.63) is 99.6 Å². The molecule has 0 aliphatic carbocycles. The lowest BCUT2D eigenvalue weighted by Gasteiger charge is -2.13. The first-order chi connectivity index (χ1) is 19.3. The van der Waals surface area contributed by atoms with Crippen LogP contribution in [0.1, 0.15) is 111 Å². The Labute approximate surface area is 258 Å². The van der Waals surface area contributed by atoms with Crippen LogP contribution in [-0.2, 0) is 19.3 Å². The number of rotatable bonds is 16. The van der Waals surface area contributed by atoms with Crippen LogP contribution in [0.3, 0.4) is 0 Å². The monoisotopic (exact) mass is 610 g/mol. The lowest BCUT2D eigenvalue weighted by Crippen LogP contribution is -2.29. The molecule has 0 N–H and O–H groups in total. The van der Waals surface area contributed by atoms with Gasteiger partial charge in [-0.1, -0.05) is 151 Å². The average molecular weight is 612 g/mol. The molecule has 0 atom stereocenters. The Bertz CT molecular complexity index is 1220. The largest absolute Gasteiger partial charge is 0.372 e. The van der Waals surface area contributed by atoms with Gasteiger partial charge < -0.3 is 0 Å². The van der Waals surface area contributed by atoms with Crippen molar-refractivity contribution in [2.24, 2.45) is 0 Å². The SMILES string of the molecule is CCCCCCCCc1ccc(C=Cc2cc(CCC)c(C=Cc3ccc([Si](Cl)(Cl)Cl)cc3)cc2CCC)cc1. The Morgan fingerprint density at radius 2 is 1.00 bits per heavy atom. The summed E-state index contributed by atoms with van der Waals surface area (Å²) in [5, 5.41) is 0.815. The summed E-state index contributed by atoms with van der Waals surface area (Å²) in [7, 11) is 0. The molecular weight excluding hydrogens is 567 g/mol. The van der Waals surface area contributed by atoms with E-state index in [-0.39, 0.29) is 0 Å². The van der Waals surface area contributed by atoms with Crippen LogP contribution in [-0.4, -0.2) is 6.00 Å². The third-order valence-corrected chi connectivity index (χ3v) is 10.3. The van der Waals surface area contributed by atoms with Gasteiger partial charge in [0.2, 0.25) is 0 Å². The van der Waals surface area contributed by atoms with Crippen LogP contribution >= 0.6 is 33.2 Å². The highest BCUT2D eigenvalue weighted by atomic mass is 35.8. The molecule has 4 heteroatoms. The molecule has 3 aromatic carbocycles. The summed E-state index contributed by atoms with van der Waals surface area (Å²) >= 11 is 18.5. The zero-order valence-electron chi connectivity index (χ0n) is 24.5. The van der Waals surface area contributed by atoms with E-state index in [0.29, 0.717) is 0 Å². The predicted octanol–water partition coefficient (Wildman–Crippen LogP) is 11.7. The van der Waals surface area contributed by atoms with Gasteiger partial charge >= 0.3 is 6.00 Å². The molecule has 0 saturated carbocycles. The molecule has 0 unspecified atom stereocenters. The van der Waals surface area contributed by atoms with Gasteiger partial charge in [-0.15, -0.1) is 33.2 Å². The Balaban J connectivity index is 1.74. The fourth-order valence-electron chi connectivity index (χ4n) is 5.07. The summed E-state index contributed by atoms with van der Waals surface area (Å²) in [6.45, 7) is 6.77. The first-order valence-corrected chi connectivity index (χ1v) is 20.2. The first kappa shape index (κ1) is 32.7. The Hall–Kier alpha value is -1.77. The molecule has 214 valence electrons. The van der Waals surface area contributed by atoms with Crippen LogP contribution in [0.15, 0.2) is 60.7 Å². The van der Waals surface area contributed by atoms with E-state index in [1.165, 1.54) is 78.3 Å². The van der Waals surface area contributed by atoms with Crippen molar-refractivity contribution in [2.75, 3.05) is 0 Å². The fraction of sp³-hybridized carbons (Fsp3) is 0.389. The van der Waals surface area contributed by atoms with Gasteiger partial charge in [-0.2, -0.15) is 0 Å². The summed E-state index contributed by atoms with van der Waals surface area (Å²) in [4.78, 5) is 0. The average Bonchev–Trinajstić information content (AvgIpc) is 2.94. The zero-order valence-corrected chi connectivity index (χ0v) is 27.8. The smallest absolute Gasteiger partial charge is 0.121 e. The van der Waals surface area contributed by atoms with E-state index >= 15 is 0 Å². The Morgan fingerprint density at radius 3 is 1.48 bits per heavy atom. The predicted molar refractivity (Wildman–Crippen MR) is 185 cm³/mol. The Morgan fingerprint density at radius 1 is 0.525 bits per heavy atom. The molecule has 0 heterocycles. The minimum atomic E-state index is -2.85. The zero-order chi connectivity index (χ0) is 28.8. The van der Waals surface area contributed by atoms with Gasteiger partial charge in [0.05, 0.1) is 0 Å². The number of aryl methyl sites for hydroxylation is 3. The molecule has 0 amide bonds. The van der Waals surface area contributed by atoms with Crippen molar-refractivity contribution in [1.82, 2.24) is 0 Å². The maximum absolute atomic E-state index is 6.16. The van der Waals surface area contributed by atoms with Crippen molar-refractivity contribution in [2.45, 2.75) is 91.4 Å². The van der Waals surface area contributed by atoms with Crippen molar-refractivity contribution in [3.63, 3.8) is 0 Å². The van der Waals surface area contributed by atoms with Crippen LogP contribution < -0.4 is 5.19 Å². The van der Waals surface area contributed by atoms with E-state index in [4.69, 9.17) is 33.2 Å². The van der Waals surface area contributed by atoms with Crippen LogP contribution in [0, 0.1) is 0 Å². The molecule has 3 aromatic rings. The number of halogens is 3. The highest BCUT2D eigenvalue weighted by Crippen LogP contribution is 2.25. The molecular formula is C36H45Cl3Si. The van der Waals surface area contributed by atoms with Crippen molar-refractivity contribution >= 4 is 68.7 Å². The van der Waals surface area contributed by atoms with E-state index in [1.807, 2.05) is 24.3 Å². The maximum atomic E-state index is 6.16. The topological polar surface area (TPSA) is 0 Å². The van der Waals surface area contributed by atoms with Crippen molar-refractivity contribution in [1.29, 1.82) is 0 Å². The number of hydrogen-bond donors (Lipinski definition) is 0. The number of unbranched alkanes of at least 4 members (excludes halogenated alkanes) is 5. The summed E-state index contributed by atoms with van der Waals surface area (Å²) in [5.41, 5.74) is 9.22. The number of hydrogen-bond acceptors (Lipinski definition) is 0. The van der Waals surface area contributed by atoms with Gasteiger partial charge in [0.25, 0.3) is 0 Å². The molecule has 0 aromatic heterocycles. The van der Waals surface area contributed by atoms with Crippen LogP contribution in [0.2, 0.25) is 0 Å². The minimum Gasteiger partial charge on any atom is -0.121 e. The van der Waals surface area contributed by atoms with Crippen LogP contribution in [0.5, 0.6) is 0 Å². The lowest BCUT2D eigenvalue weighted by molar-refractivity contribution is 0.607. The number of benzene rings is 3. The first-order valence-electron chi connectivity index (χ1n) is 15.1. The minimum absolute atomic E-state index is 0.815. The molecule has 0 radical (unpaired) electrons. The lowest BCUT2D eigenvalue weighted by atomic mass is 9.92. The van der Waals surface area contributed by atoms with Gasteiger partial charge in [-0.25, -0.2) is 0 Å². The van der Waals surface area contributed by atoms with Crippen LogP contribution in [0.25, 0.3) is 24.3 Å². The summed E-state index contributed by atoms with van der Waals surface area (Å²) in [6, 6.07) is 19.0. The highest BCUT2D eigenvalue weighted by Gasteiger charge is 2.27. The molecule has 0 spiro atoms. The molecule has 0 fully saturated rings. The van der Waals surface area contributed by atoms with Crippen molar-refractivity contribution < 1.29 is 0 Å². The van der Waals surface area contributed by atoms with E-state index < -0.39 is 6.00 Å². The molecule has 0 saturated heterocycles. The highest BCUT2D eigenvalue weighted by molar-refractivity contribution is 7.69. The van der Waals surface area contributed by atoms with E-state index in [2.05, 4.69) is 81.5 Å². The molecule has 3 rings (SSSR count). The second-order valence-corrected chi connectivity index (χ2v) is 19.2. The molecule has 0 aliphatic rings. The quantitative estimate of drug-likeness (QED) is 0.0654. The second kappa shape index (κ2) is 17.2. The van der Waals surface area contributed by atoms with Gasteiger partial charge in [-0.3, -0.25) is 0 Å². The summed E-state index contributed by atoms with van der Waals surface area (Å²) in [6.07, 6.45) is 22.6. The van der Waals surface area contributed by atoms with Gasteiger partial charge in [0.1, 0.15) is 0 Å². The second-order valence-electron chi connectivity index (χ2n) is 10.8. The third-order valence-electron chi connectivity index (χ3n) is 7.39. The normalized spacial score (nSPS) is 12.2. The summed E-state index contributed by atoms with van der Waals surface area (Å²) < 4.78 is 0. The Kier molecular flexibility index (Phi) is 14.1. The van der Waals surface area contributed by atoms with E-state index in [9.17, 15) is 0 Å². The molecule has 0 bridgehead atoms. The third kappa shape index (κ3) is 10.9. The van der Waals surface area contributed by atoms with Gasteiger partial charge in [0, 0.05) is 0 Å². The summed E-state index contributed by atoms with van der Waals surface area (Å²) in [5.74, 6) is 0.